The number of hydrogen-bond donors (Lipinski definition) is 3. The molecule has 4 N–H and O–H groups in total. The molecule has 0 aliphatic heterocycles. The van der Waals surface area contributed by atoms with E-state index in [4.69, 9.17) is 17.3 Å². The number of carbonyl (C=O) groups is 1. The van der Waals surface area contributed by atoms with Gasteiger partial charge in [0.2, 0.25) is 20.0 Å². The van der Waals surface area contributed by atoms with Gasteiger partial charge in [0.15, 0.2) is 0 Å². The first-order valence-corrected chi connectivity index (χ1v) is 18.6. The summed E-state index contributed by atoms with van der Waals surface area (Å²) >= 11 is 6.32. The standard InChI is InChI=1S/C28H25ClN6O8S3/c1-44(38,39)35(45(2,40)41)19-5-3-6-20(15-19)46(42,43)33-28(37)26-25(21-7-4-11-32-27(21)36)22-14-18(29)8-9-23(22)34(26)16-17-10-12-31-24(30)13-17/h3-15H,16H2,1-2H3,(H2,30,31)(H,32,36)(H,33,37). The fraction of sp³-hybridized carbons (Fsp3) is 0.107. The third kappa shape index (κ3) is 6.48. The van der Waals surface area contributed by atoms with Crippen LogP contribution in [0, 0.1) is 0 Å². The highest BCUT2D eigenvalue weighted by molar-refractivity contribution is 8.09. The van der Waals surface area contributed by atoms with Gasteiger partial charge in [-0.25, -0.2) is 35.0 Å². The molecule has 18 heteroatoms. The number of aromatic nitrogens is 3. The first-order valence-electron chi connectivity index (χ1n) is 13.1. The van der Waals surface area contributed by atoms with Crippen LogP contribution in [0.5, 0.6) is 0 Å². The average Bonchev–Trinajstić information content (AvgIpc) is 3.24. The number of pyridine rings is 2. The molecule has 0 saturated heterocycles. The number of halogens is 1. The van der Waals surface area contributed by atoms with Crippen LogP contribution in [-0.2, 0) is 36.6 Å². The Hall–Kier alpha value is -4.71. The first kappa shape index (κ1) is 32.7. The molecule has 1 amide bonds. The number of nitrogens with one attached hydrogen (secondary N) is 2. The number of sulfonamides is 3. The molecule has 0 atom stereocenters. The predicted molar refractivity (Wildman–Crippen MR) is 174 cm³/mol. The molecular weight excluding hydrogens is 680 g/mol. The quantitative estimate of drug-likeness (QED) is 0.204. The summed E-state index contributed by atoms with van der Waals surface area (Å²) in [4.78, 5) is 33.1. The van der Waals surface area contributed by atoms with Crippen LogP contribution in [0.4, 0.5) is 11.5 Å². The van der Waals surface area contributed by atoms with Crippen LogP contribution in [0.3, 0.4) is 0 Å². The second-order valence-electron chi connectivity index (χ2n) is 10.1. The van der Waals surface area contributed by atoms with Gasteiger partial charge in [-0.05, 0) is 66.2 Å². The van der Waals surface area contributed by atoms with Crippen LogP contribution in [0.15, 0.2) is 88.8 Å². The SMILES string of the molecule is CS(=O)(=O)N(c1cccc(S(=O)(=O)NC(=O)c2c(-c3ccc[nH]c3=O)c3cc(Cl)ccc3n2Cc2ccnc(N)c2)c1)S(C)(=O)=O. The van der Waals surface area contributed by atoms with E-state index in [9.17, 15) is 34.8 Å². The highest BCUT2D eigenvalue weighted by Gasteiger charge is 2.31. The lowest BCUT2D eigenvalue weighted by atomic mass is 10.0. The number of hydrogen-bond acceptors (Lipinski definition) is 10. The number of anilines is 2. The average molecular weight is 705 g/mol. The predicted octanol–water partition coefficient (Wildman–Crippen LogP) is 2.52. The third-order valence-electron chi connectivity index (χ3n) is 6.68. The van der Waals surface area contributed by atoms with E-state index in [-0.39, 0.29) is 37.9 Å². The van der Waals surface area contributed by atoms with Gasteiger partial charge >= 0.3 is 0 Å². The number of amides is 1. The molecule has 0 aliphatic rings. The maximum Gasteiger partial charge on any atom is 0.282 e. The van der Waals surface area contributed by atoms with Gasteiger partial charge in [-0.2, -0.15) is 3.71 Å². The highest BCUT2D eigenvalue weighted by Crippen LogP contribution is 2.36. The lowest BCUT2D eigenvalue weighted by Crippen LogP contribution is -2.36. The van der Waals surface area contributed by atoms with Gasteiger partial charge in [0.05, 0.1) is 23.1 Å². The van der Waals surface area contributed by atoms with Gasteiger partial charge in [-0.3, -0.25) is 9.59 Å². The van der Waals surface area contributed by atoms with Crippen molar-refractivity contribution in [2.75, 3.05) is 22.0 Å². The zero-order valence-electron chi connectivity index (χ0n) is 24.0. The van der Waals surface area contributed by atoms with Crippen LogP contribution in [0.1, 0.15) is 16.1 Å². The van der Waals surface area contributed by atoms with Crippen LogP contribution in [-0.4, -0.2) is 58.2 Å². The van der Waals surface area contributed by atoms with Crippen molar-refractivity contribution >= 4 is 70.0 Å². The Morgan fingerprint density at radius 1 is 0.978 bits per heavy atom. The Balaban J connectivity index is 1.71. The molecule has 5 aromatic rings. The second-order valence-corrected chi connectivity index (χ2v) is 16.1. The molecule has 0 spiro atoms. The van der Waals surface area contributed by atoms with Crippen molar-refractivity contribution in [1.29, 1.82) is 0 Å². The van der Waals surface area contributed by atoms with Gasteiger partial charge in [0, 0.05) is 46.0 Å². The topological polar surface area (TPSA) is 211 Å². The number of H-pyrrole nitrogens is 1. The number of rotatable bonds is 9. The summed E-state index contributed by atoms with van der Waals surface area (Å²) in [7, 11) is -13.6. The molecular formula is C28H25ClN6O8S3. The van der Waals surface area contributed by atoms with Crippen molar-refractivity contribution in [3.8, 4) is 11.1 Å². The number of carbonyl (C=O) groups excluding carboxylic acids is 1. The van der Waals surface area contributed by atoms with Gasteiger partial charge in [0.25, 0.3) is 21.5 Å². The number of benzene rings is 2. The molecule has 14 nitrogen and oxygen atoms in total. The maximum absolute atomic E-state index is 14.1. The fourth-order valence-corrected chi connectivity index (χ4v) is 9.14. The van der Waals surface area contributed by atoms with Crippen molar-refractivity contribution in [3.05, 3.63) is 106 Å². The van der Waals surface area contributed by atoms with Crippen LogP contribution in [0.25, 0.3) is 22.0 Å². The molecule has 0 unspecified atom stereocenters. The minimum absolute atomic E-state index is 0.00838. The Morgan fingerprint density at radius 2 is 1.70 bits per heavy atom. The van der Waals surface area contributed by atoms with Crippen molar-refractivity contribution in [2.24, 2.45) is 0 Å². The van der Waals surface area contributed by atoms with Crippen molar-refractivity contribution in [3.63, 3.8) is 0 Å². The minimum atomic E-state index is -4.78. The molecule has 0 fully saturated rings. The van der Waals surface area contributed by atoms with Crippen molar-refractivity contribution < 1.29 is 30.0 Å². The van der Waals surface area contributed by atoms with E-state index in [1.54, 1.807) is 24.3 Å². The summed E-state index contributed by atoms with van der Waals surface area (Å²) in [6, 6.07) is 15.0. The summed E-state index contributed by atoms with van der Waals surface area (Å²) in [5.74, 6) is -0.955. The molecule has 0 radical (unpaired) electrons. The van der Waals surface area contributed by atoms with Crippen molar-refractivity contribution in [2.45, 2.75) is 11.4 Å². The molecule has 0 aliphatic carbocycles. The third-order valence-corrected chi connectivity index (χ3v) is 11.5. The number of nitrogens with two attached hydrogens (primary N) is 1. The van der Waals surface area contributed by atoms with Crippen LogP contribution in [0.2, 0.25) is 5.02 Å². The van der Waals surface area contributed by atoms with E-state index in [2.05, 4.69) is 9.97 Å². The minimum Gasteiger partial charge on any atom is -0.384 e. The lowest BCUT2D eigenvalue weighted by molar-refractivity contribution is 0.0974. The maximum atomic E-state index is 14.1. The van der Waals surface area contributed by atoms with Gasteiger partial charge in [0.1, 0.15) is 11.5 Å². The van der Waals surface area contributed by atoms with E-state index in [0.717, 1.165) is 24.3 Å². The molecule has 46 heavy (non-hydrogen) atoms. The Bertz CT molecular complexity index is 2390. The van der Waals surface area contributed by atoms with E-state index in [1.165, 1.54) is 35.2 Å². The molecule has 240 valence electrons. The highest BCUT2D eigenvalue weighted by atomic mass is 35.5. The summed E-state index contributed by atoms with van der Waals surface area (Å²) in [5, 5.41) is 0.650. The monoisotopic (exact) mass is 704 g/mol. The van der Waals surface area contributed by atoms with E-state index < -0.39 is 52.1 Å². The normalized spacial score (nSPS) is 12.2. The first-order chi connectivity index (χ1) is 21.5. The number of aromatic amines is 1. The summed E-state index contributed by atoms with van der Waals surface area (Å²) < 4.78 is 80.0. The molecule has 3 aromatic heterocycles. The smallest absolute Gasteiger partial charge is 0.282 e. The lowest BCUT2D eigenvalue weighted by Gasteiger charge is -2.20. The Morgan fingerprint density at radius 3 is 2.35 bits per heavy atom. The summed E-state index contributed by atoms with van der Waals surface area (Å²) in [5.41, 5.74) is 5.75. The zero-order valence-corrected chi connectivity index (χ0v) is 27.2. The fourth-order valence-electron chi connectivity index (χ4n) is 5.02. The van der Waals surface area contributed by atoms with Crippen LogP contribution < -0.4 is 19.7 Å². The zero-order chi connectivity index (χ0) is 33.6. The molecule has 0 saturated carbocycles. The Kier molecular flexibility index (Phi) is 8.45. The van der Waals surface area contributed by atoms with Crippen LogP contribution >= 0.6 is 11.6 Å². The molecule has 5 rings (SSSR count). The number of nitrogen functional groups attached to an aromatic ring is 1. The molecule has 3 heterocycles. The molecule has 0 bridgehead atoms. The van der Waals surface area contributed by atoms with Gasteiger partial charge < -0.3 is 15.3 Å². The largest absolute Gasteiger partial charge is 0.384 e. The summed E-state index contributed by atoms with van der Waals surface area (Å²) in [6.07, 6.45) is 4.14. The summed E-state index contributed by atoms with van der Waals surface area (Å²) in [6.45, 7) is -0.00838. The second kappa shape index (κ2) is 11.9. The van der Waals surface area contributed by atoms with Gasteiger partial charge in [-0.1, -0.05) is 17.7 Å². The van der Waals surface area contributed by atoms with E-state index in [0.29, 0.717) is 29.0 Å². The van der Waals surface area contributed by atoms with E-state index in [1.807, 2.05) is 4.72 Å². The number of fused-ring (bicyclic) bond motifs is 1. The molecule has 2 aromatic carbocycles. The van der Waals surface area contributed by atoms with Gasteiger partial charge in [-0.15, -0.1) is 0 Å². The number of nitrogens with zero attached hydrogens (tertiary/aromatic N) is 3. The van der Waals surface area contributed by atoms with Crippen molar-refractivity contribution in [1.82, 2.24) is 19.3 Å². The van der Waals surface area contributed by atoms with E-state index >= 15 is 0 Å². The Labute approximate surface area is 268 Å².